The molecule has 3 rings (SSSR count). The Morgan fingerprint density at radius 2 is 1.48 bits per heavy atom. The van der Waals surface area contributed by atoms with Crippen LogP contribution in [0.1, 0.15) is 75.8 Å². The summed E-state index contributed by atoms with van der Waals surface area (Å²) >= 11 is 0. The number of hydrogen-bond donors (Lipinski definition) is 0. The number of hydrogen-bond acceptors (Lipinski definition) is 1. The van der Waals surface area contributed by atoms with Crippen molar-refractivity contribution in [2.24, 2.45) is 11.8 Å². The maximum Gasteiger partial charge on any atom is 0.118 e. The molecule has 1 saturated carbocycles. The van der Waals surface area contributed by atoms with E-state index < -0.39 is 0 Å². The molecule has 0 heterocycles. The number of rotatable bonds is 9. The van der Waals surface area contributed by atoms with Crippen LogP contribution in [-0.2, 0) is 6.42 Å². The third kappa shape index (κ3) is 6.13. The van der Waals surface area contributed by atoms with Gasteiger partial charge < -0.3 is 4.74 Å². The largest absolute Gasteiger partial charge is 0.497 e. The molecule has 0 aromatic heterocycles. The van der Waals surface area contributed by atoms with Crippen molar-refractivity contribution in [1.82, 2.24) is 0 Å². The van der Waals surface area contributed by atoms with Crippen LogP contribution in [0.3, 0.4) is 0 Å². The number of ether oxygens (including phenoxy) is 1. The highest BCUT2D eigenvalue weighted by Gasteiger charge is 2.20. The first-order chi connectivity index (χ1) is 15.0. The number of aryl methyl sites for hydroxylation is 1. The zero-order valence-corrected chi connectivity index (χ0v) is 16.9. The first kappa shape index (κ1) is 15.2. The standard InChI is InChI=1S/C26H36O/c1-3-4-5-6-21-7-9-22(10-8-21)11-12-23-13-15-24(16-14-23)25-17-19-26(27-2)20-18-25/h13-22H,3-12H2,1-2H3/i17D,18D,19D,20D. The Hall–Kier alpha value is -1.76. The van der Waals surface area contributed by atoms with Crippen LogP contribution >= 0.6 is 0 Å². The first-order valence-corrected chi connectivity index (χ1v) is 10.7. The molecule has 0 saturated heterocycles. The normalized spacial score (nSPS) is 21.9. The van der Waals surface area contributed by atoms with Gasteiger partial charge in [0.25, 0.3) is 0 Å². The fourth-order valence-corrected chi connectivity index (χ4v) is 4.25. The van der Waals surface area contributed by atoms with E-state index in [0.717, 1.165) is 23.8 Å². The van der Waals surface area contributed by atoms with Gasteiger partial charge >= 0.3 is 0 Å². The lowest BCUT2D eigenvalue weighted by atomic mass is 9.78. The Balaban J connectivity index is 1.58. The van der Waals surface area contributed by atoms with Crippen molar-refractivity contribution in [2.45, 2.75) is 71.1 Å². The van der Waals surface area contributed by atoms with E-state index in [2.05, 4.69) is 19.1 Å². The van der Waals surface area contributed by atoms with E-state index in [1.54, 1.807) is 0 Å². The summed E-state index contributed by atoms with van der Waals surface area (Å²) in [5.41, 5.74) is 2.33. The molecule has 1 fully saturated rings. The van der Waals surface area contributed by atoms with Crippen LogP contribution in [0.15, 0.2) is 48.4 Å². The van der Waals surface area contributed by atoms with Gasteiger partial charge in [0.1, 0.15) is 5.75 Å². The van der Waals surface area contributed by atoms with Crippen LogP contribution in [0.2, 0.25) is 0 Å². The second-order valence-electron chi connectivity index (χ2n) is 8.03. The molecule has 0 atom stereocenters. The molecule has 1 nitrogen and oxygen atoms in total. The van der Waals surface area contributed by atoms with Gasteiger partial charge in [-0.2, -0.15) is 0 Å². The third-order valence-corrected chi connectivity index (χ3v) is 6.07. The van der Waals surface area contributed by atoms with Gasteiger partial charge in [-0.05, 0) is 53.5 Å². The van der Waals surface area contributed by atoms with Crippen LogP contribution in [-0.4, -0.2) is 7.11 Å². The zero-order valence-electron chi connectivity index (χ0n) is 20.9. The maximum atomic E-state index is 8.28. The van der Waals surface area contributed by atoms with Gasteiger partial charge in [0.2, 0.25) is 0 Å². The molecule has 146 valence electrons. The average molecular weight is 369 g/mol. The van der Waals surface area contributed by atoms with E-state index in [0.29, 0.717) is 5.56 Å². The van der Waals surface area contributed by atoms with Gasteiger partial charge in [0.15, 0.2) is 0 Å². The van der Waals surface area contributed by atoms with E-state index >= 15 is 0 Å². The quantitative estimate of drug-likeness (QED) is 0.412. The SMILES string of the molecule is [2H]c1c([2H])c(-c2ccc(CCC3CCC(CCCCC)CC3)cc2)c([2H])c([2H])c1OC. The van der Waals surface area contributed by atoms with Crippen molar-refractivity contribution in [2.75, 3.05) is 7.11 Å². The minimum atomic E-state index is -0.132. The van der Waals surface area contributed by atoms with Gasteiger partial charge in [-0.25, -0.2) is 0 Å². The molecule has 27 heavy (non-hydrogen) atoms. The predicted molar refractivity (Wildman–Crippen MR) is 116 cm³/mol. The third-order valence-electron chi connectivity index (χ3n) is 6.07. The molecule has 1 heteroatoms. The van der Waals surface area contributed by atoms with Gasteiger partial charge in [-0.15, -0.1) is 0 Å². The fraction of sp³-hybridized carbons (Fsp3) is 0.538. The molecule has 2 aromatic rings. The molecule has 0 N–H and O–H groups in total. The fourth-order valence-electron chi connectivity index (χ4n) is 4.25. The second-order valence-corrected chi connectivity index (χ2v) is 8.03. The minimum Gasteiger partial charge on any atom is -0.497 e. The van der Waals surface area contributed by atoms with E-state index in [9.17, 15) is 0 Å². The lowest BCUT2D eigenvalue weighted by molar-refractivity contribution is 0.249. The second kappa shape index (κ2) is 10.5. The van der Waals surface area contributed by atoms with Gasteiger partial charge in [-0.3, -0.25) is 0 Å². The number of methoxy groups -OCH3 is 1. The van der Waals surface area contributed by atoms with Crippen molar-refractivity contribution in [3.63, 3.8) is 0 Å². The lowest BCUT2D eigenvalue weighted by Crippen LogP contribution is -2.15. The number of unbranched alkanes of at least 4 members (excludes halogenated alkanes) is 2. The average Bonchev–Trinajstić information content (AvgIpc) is 2.79. The van der Waals surface area contributed by atoms with Crippen molar-refractivity contribution >= 4 is 0 Å². The highest BCUT2D eigenvalue weighted by molar-refractivity contribution is 5.64. The van der Waals surface area contributed by atoms with Crippen LogP contribution in [0, 0.1) is 11.8 Å². The van der Waals surface area contributed by atoms with Crippen molar-refractivity contribution in [1.29, 1.82) is 0 Å². The van der Waals surface area contributed by atoms with Crippen LogP contribution in [0.5, 0.6) is 5.75 Å². The Kier molecular flexibility index (Phi) is 5.93. The topological polar surface area (TPSA) is 9.23 Å². The van der Waals surface area contributed by atoms with E-state index in [1.165, 1.54) is 70.5 Å². The van der Waals surface area contributed by atoms with Gasteiger partial charge in [0.05, 0.1) is 12.6 Å². The number of benzene rings is 2. The van der Waals surface area contributed by atoms with Crippen LogP contribution in [0.25, 0.3) is 11.1 Å². The molecule has 1 aliphatic carbocycles. The summed E-state index contributed by atoms with van der Waals surface area (Å²) in [6.45, 7) is 2.28. The minimum absolute atomic E-state index is 0.00421. The van der Waals surface area contributed by atoms with Crippen molar-refractivity contribution < 1.29 is 10.2 Å². The molecule has 2 aromatic carbocycles. The predicted octanol–water partition coefficient (Wildman–Crippen LogP) is 7.68. The van der Waals surface area contributed by atoms with Crippen molar-refractivity contribution in [3.8, 4) is 16.9 Å². The van der Waals surface area contributed by atoms with E-state index in [1.807, 2.05) is 12.1 Å². The molecule has 1 aliphatic rings. The Morgan fingerprint density at radius 3 is 2.07 bits per heavy atom. The maximum absolute atomic E-state index is 8.28. The van der Waals surface area contributed by atoms with Gasteiger partial charge in [0, 0.05) is 0 Å². The summed E-state index contributed by atoms with van der Waals surface area (Å²) in [6, 6.07) is 7.63. The summed E-state index contributed by atoms with van der Waals surface area (Å²) in [6.07, 6.45) is 13.3. The molecule has 0 bridgehead atoms. The van der Waals surface area contributed by atoms with Crippen molar-refractivity contribution in [3.05, 3.63) is 54.0 Å². The molecular weight excluding hydrogens is 328 g/mol. The highest BCUT2D eigenvalue weighted by atomic mass is 16.5. The molecular formula is C26H36O. The summed E-state index contributed by atoms with van der Waals surface area (Å²) < 4.78 is 37.8. The smallest absolute Gasteiger partial charge is 0.118 e. The van der Waals surface area contributed by atoms with Crippen LogP contribution < -0.4 is 4.74 Å². The monoisotopic (exact) mass is 368 g/mol. The van der Waals surface area contributed by atoms with E-state index in [-0.39, 0.29) is 29.9 Å². The zero-order chi connectivity index (χ0) is 22.4. The summed E-state index contributed by atoms with van der Waals surface area (Å²) in [5.74, 6) is 1.78. The first-order valence-electron chi connectivity index (χ1n) is 12.7. The summed E-state index contributed by atoms with van der Waals surface area (Å²) in [5, 5.41) is 0. The van der Waals surface area contributed by atoms with E-state index in [4.69, 9.17) is 10.2 Å². The molecule has 0 amide bonds. The Bertz CT molecular complexity index is 826. The van der Waals surface area contributed by atoms with Gasteiger partial charge in [-0.1, -0.05) is 94.6 Å². The van der Waals surface area contributed by atoms with Crippen LogP contribution in [0.4, 0.5) is 0 Å². The lowest BCUT2D eigenvalue weighted by Gasteiger charge is -2.28. The molecule has 0 spiro atoms. The molecule has 0 unspecified atom stereocenters. The molecule has 0 radical (unpaired) electrons. The summed E-state index contributed by atoms with van der Waals surface area (Å²) in [4.78, 5) is 0. The Labute approximate surface area is 171 Å². The molecule has 0 aliphatic heterocycles. The summed E-state index contributed by atoms with van der Waals surface area (Å²) in [7, 11) is 1.37. The Morgan fingerprint density at radius 1 is 0.852 bits per heavy atom. The highest BCUT2D eigenvalue weighted by Crippen LogP contribution is 2.34.